The number of nitriles is 1. The van der Waals surface area contributed by atoms with Crippen molar-refractivity contribution in [3.05, 3.63) is 59.4 Å². The number of benzene rings is 1. The molecule has 3 unspecified atom stereocenters. The molecule has 4 nitrogen and oxygen atoms in total. The van der Waals surface area contributed by atoms with Crippen LogP contribution in [0, 0.1) is 23.2 Å². The maximum atomic E-state index is 12.7. The molecule has 1 aromatic heterocycles. The second-order valence-electron chi connectivity index (χ2n) is 7.41. The minimum Gasteiger partial charge on any atom is -0.293 e. The molecular formula is C22H21N3O. The minimum absolute atomic E-state index is 0.00161. The first-order valence-electron chi connectivity index (χ1n) is 9.17. The third kappa shape index (κ3) is 2.39. The number of hydrogen-bond donors (Lipinski definition) is 0. The van der Waals surface area contributed by atoms with Crippen molar-refractivity contribution in [2.75, 3.05) is 0 Å². The zero-order valence-corrected chi connectivity index (χ0v) is 15.1. The van der Waals surface area contributed by atoms with Crippen LogP contribution in [0.5, 0.6) is 0 Å². The van der Waals surface area contributed by atoms with E-state index in [9.17, 15) is 10.1 Å². The van der Waals surface area contributed by atoms with E-state index >= 15 is 0 Å². The molecule has 3 atom stereocenters. The molecule has 4 rings (SSSR count). The van der Waals surface area contributed by atoms with Gasteiger partial charge in [-0.15, -0.1) is 0 Å². The highest BCUT2D eigenvalue weighted by Gasteiger charge is 2.49. The molecule has 130 valence electrons. The number of fused-ring (bicyclic) bond motifs is 3. The van der Waals surface area contributed by atoms with Gasteiger partial charge in [0.1, 0.15) is 6.07 Å². The van der Waals surface area contributed by atoms with E-state index in [1.54, 1.807) is 0 Å². The zero-order valence-electron chi connectivity index (χ0n) is 15.1. The van der Waals surface area contributed by atoms with Crippen LogP contribution in [0.1, 0.15) is 37.9 Å². The lowest BCUT2D eigenvalue weighted by Crippen LogP contribution is -2.46. The molecule has 2 aliphatic rings. The van der Waals surface area contributed by atoms with Gasteiger partial charge in [0.2, 0.25) is 0 Å². The molecular weight excluding hydrogens is 322 g/mol. The summed E-state index contributed by atoms with van der Waals surface area (Å²) in [7, 11) is 0. The number of aryl methyl sites for hydroxylation is 1. The Labute approximate surface area is 153 Å². The lowest BCUT2D eigenvalue weighted by atomic mass is 9.57. The van der Waals surface area contributed by atoms with Crippen molar-refractivity contribution in [3.63, 3.8) is 0 Å². The van der Waals surface area contributed by atoms with Crippen LogP contribution in [-0.2, 0) is 16.6 Å². The number of carbonyl (C=O) groups excluding carboxylic acids is 1. The zero-order chi connectivity index (χ0) is 18.3. The fraction of sp³-hybridized carbons (Fsp3) is 0.364. The Morgan fingerprint density at radius 1 is 1.31 bits per heavy atom. The first kappa shape index (κ1) is 16.7. The normalized spacial score (nSPS) is 27.1. The monoisotopic (exact) mass is 343 g/mol. The van der Waals surface area contributed by atoms with Gasteiger partial charge in [-0.05, 0) is 30.7 Å². The van der Waals surface area contributed by atoms with Crippen molar-refractivity contribution < 1.29 is 4.79 Å². The van der Waals surface area contributed by atoms with Crippen LogP contribution < -0.4 is 0 Å². The molecule has 0 saturated heterocycles. The summed E-state index contributed by atoms with van der Waals surface area (Å²) in [5.41, 5.74) is 2.95. The number of allylic oxidation sites excluding steroid dienone is 2. The van der Waals surface area contributed by atoms with Crippen molar-refractivity contribution in [1.29, 1.82) is 5.26 Å². The van der Waals surface area contributed by atoms with Crippen molar-refractivity contribution in [1.82, 2.24) is 9.97 Å². The smallest absolute Gasteiger partial charge is 0.176 e. The van der Waals surface area contributed by atoms with Crippen LogP contribution >= 0.6 is 0 Å². The van der Waals surface area contributed by atoms with Crippen LogP contribution in [0.3, 0.4) is 0 Å². The third-order valence-corrected chi connectivity index (χ3v) is 5.99. The van der Waals surface area contributed by atoms with E-state index in [0.717, 1.165) is 36.1 Å². The van der Waals surface area contributed by atoms with E-state index < -0.39 is 5.41 Å². The van der Waals surface area contributed by atoms with Crippen molar-refractivity contribution in [2.24, 2.45) is 11.8 Å². The molecule has 4 heteroatoms. The van der Waals surface area contributed by atoms with Gasteiger partial charge in [0, 0.05) is 23.1 Å². The van der Waals surface area contributed by atoms with Crippen LogP contribution in [0.4, 0.5) is 0 Å². The summed E-state index contributed by atoms with van der Waals surface area (Å²) in [5.74, 6) is 0.771. The molecule has 1 aromatic carbocycles. The van der Waals surface area contributed by atoms with Gasteiger partial charge in [0.15, 0.2) is 11.6 Å². The van der Waals surface area contributed by atoms with E-state index in [1.807, 2.05) is 49.5 Å². The first-order chi connectivity index (χ1) is 12.6. The van der Waals surface area contributed by atoms with Gasteiger partial charge in [-0.1, -0.05) is 50.3 Å². The number of aromatic nitrogens is 2. The van der Waals surface area contributed by atoms with Gasteiger partial charge in [-0.25, -0.2) is 9.97 Å². The van der Waals surface area contributed by atoms with Gasteiger partial charge in [0.05, 0.1) is 11.3 Å². The van der Waals surface area contributed by atoms with E-state index in [-0.39, 0.29) is 23.2 Å². The fourth-order valence-electron chi connectivity index (χ4n) is 4.67. The number of Topliss-reactive ketones (excluding diaryl/α,β-unsaturated/α-hetero) is 1. The van der Waals surface area contributed by atoms with Crippen LogP contribution in [-0.4, -0.2) is 15.8 Å². The maximum Gasteiger partial charge on any atom is 0.176 e. The standard InChI is InChI=1S/C22H21N3O/c1-3-17-18-10-9-15-13-24-21(14-7-5-4-6-8-14)25-20(15)22(18,2)11-16(12-23)19(17)26/h4-8,11,13,17-18H,3,9-10H2,1-2H3. The van der Waals surface area contributed by atoms with Gasteiger partial charge >= 0.3 is 0 Å². The Morgan fingerprint density at radius 2 is 2.08 bits per heavy atom. The lowest BCUT2D eigenvalue weighted by molar-refractivity contribution is -0.122. The third-order valence-electron chi connectivity index (χ3n) is 5.99. The Kier molecular flexibility index (Phi) is 3.96. The lowest BCUT2D eigenvalue weighted by Gasteiger charge is -2.46. The van der Waals surface area contributed by atoms with E-state index in [2.05, 4.69) is 18.0 Å². The summed E-state index contributed by atoms with van der Waals surface area (Å²) in [5, 5.41) is 9.49. The Balaban J connectivity index is 1.90. The molecule has 2 aromatic rings. The SMILES string of the molecule is CCC1C(=O)C(C#N)=CC2(C)c3nc(-c4ccccc4)ncc3CCC12. The number of hydrogen-bond acceptors (Lipinski definition) is 4. The first-order valence-corrected chi connectivity index (χ1v) is 9.17. The van der Waals surface area contributed by atoms with Crippen molar-refractivity contribution in [2.45, 2.75) is 38.5 Å². The van der Waals surface area contributed by atoms with Gasteiger partial charge < -0.3 is 0 Å². The van der Waals surface area contributed by atoms with Crippen LogP contribution in [0.25, 0.3) is 11.4 Å². The van der Waals surface area contributed by atoms with Crippen molar-refractivity contribution >= 4 is 5.78 Å². The molecule has 1 heterocycles. The average Bonchev–Trinajstić information content (AvgIpc) is 2.68. The number of carbonyl (C=O) groups is 1. The molecule has 0 fully saturated rings. The minimum atomic E-state index is -0.403. The molecule has 0 spiro atoms. The van der Waals surface area contributed by atoms with Gasteiger partial charge in [-0.2, -0.15) is 5.26 Å². The molecule has 0 radical (unpaired) electrons. The molecule has 2 aliphatic carbocycles. The van der Waals surface area contributed by atoms with Crippen molar-refractivity contribution in [3.8, 4) is 17.5 Å². The highest BCUT2D eigenvalue weighted by Crippen LogP contribution is 2.50. The Morgan fingerprint density at radius 3 is 2.77 bits per heavy atom. The molecule has 0 amide bonds. The number of ketones is 1. The summed E-state index contributed by atoms with van der Waals surface area (Å²) in [6.07, 6.45) is 6.35. The molecule has 0 N–H and O–H groups in total. The van der Waals surface area contributed by atoms with Gasteiger partial charge in [0.25, 0.3) is 0 Å². The summed E-state index contributed by atoms with van der Waals surface area (Å²) in [6.45, 7) is 4.16. The second kappa shape index (κ2) is 6.17. The molecule has 0 aliphatic heterocycles. The second-order valence-corrected chi connectivity index (χ2v) is 7.41. The number of rotatable bonds is 2. The Bertz CT molecular complexity index is 942. The predicted molar refractivity (Wildman–Crippen MR) is 99.1 cm³/mol. The largest absolute Gasteiger partial charge is 0.293 e. The number of nitrogens with zero attached hydrogens (tertiary/aromatic N) is 3. The Hall–Kier alpha value is -2.80. The summed E-state index contributed by atoms with van der Waals surface area (Å²) in [6, 6.07) is 12.0. The fourth-order valence-corrected chi connectivity index (χ4v) is 4.67. The molecule has 0 saturated carbocycles. The average molecular weight is 343 g/mol. The highest BCUT2D eigenvalue weighted by molar-refractivity contribution is 6.02. The van der Waals surface area contributed by atoms with Crippen LogP contribution in [0.15, 0.2) is 48.2 Å². The van der Waals surface area contributed by atoms with Gasteiger partial charge in [-0.3, -0.25) is 4.79 Å². The summed E-state index contributed by atoms with van der Waals surface area (Å²) < 4.78 is 0. The van der Waals surface area contributed by atoms with E-state index in [1.165, 1.54) is 0 Å². The van der Waals surface area contributed by atoms with Crippen LogP contribution in [0.2, 0.25) is 0 Å². The topological polar surface area (TPSA) is 66.6 Å². The molecule has 0 bridgehead atoms. The predicted octanol–water partition coefficient (Wildman–Crippen LogP) is 4.02. The molecule has 26 heavy (non-hydrogen) atoms. The highest BCUT2D eigenvalue weighted by atomic mass is 16.1. The summed E-state index contributed by atoms with van der Waals surface area (Å²) >= 11 is 0. The van der Waals surface area contributed by atoms with E-state index in [4.69, 9.17) is 4.98 Å². The quantitative estimate of drug-likeness (QED) is 0.826. The maximum absolute atomic E-state index is 12.7. The summed E-state index contributed by atoms with van der Waals surface area (Å²) in [4.78, 5) is 22.1. The van der Waals surface area contributed by atoms with E-state index in [0.29, 0.717) is 5.82 Å².